The second kappa shape index (κ2) is 5.62. The lowest BCUT2D eigenvalue weighted by Crippen LogP contribution is -2.37. The number of nitrogens with one attached hydrogen (secondary N) is 1. The summed E-state index contributed by atoms with van der Waals surface area (Å²) in [5, 5.41) is 4.25. The van der Waals surface area contributed by atoms with Crippen molar-refractivity contribution in [2.45, 2.75) is 43.4 Å². The molecule has 3 aliphatic rings. The summed E-state index contributed by atoms with van der Waals surface area (Å²) in [7, 11) is 0. The molecule has 4 unspecified atom stereocenters. The number of carbonyl (C=O) groups excluding carboxylic acids is 2. The molecule has 2 aliphatic carbocycles. The molecule has 1 aromatic carbocycles. The Morgan fingerprint density at radius 3 is 2.62 bits per heavy atom. The highest BCUT2D eigenvalue weighted by Gasteiger charge is 2.45. The molecule has 2 amide bonds. The van der Waals surface area contributed by atoms with Crippen molar-refractivity contribution in [3.8, 4) is 0 Å². The lowest BCUT2D eigenvalue weighted by Gasteiger charge is -2.25. The molecule has 2 bridgehead atoms. The Morgan fingerprint density at radius 2 is 2.04 bits per heavy atom. The summed E-state index contributed by atoms with van der Waals surface area (Å²) in [4.78, 5) is 28.0. The minimum absolute atomic E-state index is 0.148. The number of hydrogen-bond acceptors (Lipinski definition) is 4. The standard InChI is InChI=1S/C18H21N3O2S/c1-18(13-6-4-11(5-7-13)15(19)22)16(23)21-17(24-18)20-14-9-10-2-3-12(14)8-10/h4-7,10,12,14H,2-3,8-9H2,1H3,(H2,19,22)(H,20,21,23). The molecule has 4 atom stereocenters. The summed E-state index contributed by atoms with van der Waals surface area (Å²) < 4.78 is -0.740. The molecule has 0 spiro atoms. The van der Waals surface area contributed by atoms with E-state index in [-0.39, 0.29) is 5.91 Å². The zero-order valence-corrected chi connectivity index (χ0v) is 14.4. The Morgan fingerprint density at radius 1 is 1.29 bits per heavy atom. The third-order valence-corrected chi connectivity index (χ3v) is 6.90. The normalized spacial score (nSPS) is 34.5. The van der Waals surface area contributed by atoms with Crippen molar-refractivity contribution in [3.05, 3.63) is 35.4 Å². The number of fused-ring (bicyclic) bond motifs is 2. The quantitative estimate of drug-likeness (QED) is 0.883. The van der Waals surface area contributed by atoms with Crippen LogP contribution in [0.1, 0.15) is 48.5 Å². The van der Waals surface area contributed by atoms with Crippen LogP contribution in [0.3, 0.4) is 0 Å². The predicted octanol–water partition coefficient (Wildman–Crippen LogP) is 2.41. The fraction of sp³-hybridized carbons (Fsp3) is 0.500. The van der Waals surface area contributed by atoms with Crippen molar-refractivity contribution in [3.63, 3.8) is 0 Å². The van der Waals surface area contributed by atoms with Crippen LogP contribution < -0.4 is 11.1 Å². The molecule has 3 N–H and O–H groups in total. The summed E-state index contributed by atoms with van der Waals surface area (Å²) in [5.41, 5.74) is 6.56. The first-order valence-electron chi connectivity index (χ1n) is 8.45. The van der Waals surface area contributed by atoms with Crippen LogP contribution in [0, 0.1) is 11.8 Å². The van der Waals surface area contributed by atoms with E-state index in [2.05, 4.69) is 10.3 Å². The monoisotopic (exact) mass is 343 g/mol. The van der Waals surface area contributed by atoms with Gasteiger partial charge >= 0.3 is 0 Å². The van der Waals surface area contributed by atoms with E-state index in [0.29, 0.717) is 11.6 Å². The SMILES string of the molecule is CC1(c2ccc(C(N)=O)cc2)SC(NC2CC3CCC2C3)=NC1=O. The van der Waals surface area contributed by atoms with Crippen LogP contribution in [0.15, 0.2) is 29.3 Å². The number of hydrogen-bond donors (Lipinski definition) is 2. The van der Waals surface area contributed by atoms with Gasteiger partial charge < -0.3 is 11.1 Å². The highest BCUT2D eigenvalue weighted by atomic mass is 32.2. The number of rotatable bonds is 3. The minimum atomic E-state index is -0.740. The first-order valence-corrected chi connectivity index (χ1v) is 9.26. The number of primary amides is 1. The Balaban J connectivity index is 1.49. The topological polar surface area (TPSA) is 84.6 Å². The Labute approximate surface area is 145 Å². The van der Waals surface area contributed by atoms with Crippen molar-refractivity contribution in [2.24, 2.45) is 22.6 Å². The molecular weight excluding hydrogens is 322 g/mol. The highest BCUT2D eigenvalue weighted by molar-refractivity contribution is 8.15. The fourth-order valence-corrected chi connectivity index (χ4v) is 5.35. The van der Waals surface area contributed by atoms with Crippen molar-refractivity contribution < 1.29 is 9.59 Å². The van der Waals surface area contributed by atoms with E-state index in [4.69, 9.17) is 5.73 Å². The molecule has 5 nitrogen and oxygen atoms in total. The van der Waals surface area contributed by atoms with Gasteiger partial charge in [-0.25, -0.2) is 0 Å². The first kappa shape index (κ1) is 15.7. The van der Waals surface area contributed by atoms with Gasteiger partial charge in [-0.1, -0.05) is 30.3 Å². The van der Waals surface area contributed by atoms with Crippen molar-refractivity contribution in [1.82, 2.24) is 5.32 Å². The number of nitrogens with zero attached hydrogens (tertiary/aromatic N) is 1. The second-order valence-corrected chi connectivity index (χ2v) is 8.63. The fourth-order valence-electron chi connectivity index (χ4n) is 4.24. The maximum Gasteiger partial charge on any atom is 0.268 e. The predicted molar refractivity (Wildman–Crippen MR) is 94.7 cm³/mol. The molecule has 6 heteroatoms. The average Bonchev–Trinajstić information content (AvgIpc) is 3.24. The van der Waals surface area contributed by atoms with Gasteiger partial charge in [-0.15, -0.1) is 0 Å². The first-order chi connectivity index (χ1) is 11.5. The van der Waals surface area contributed by atoms with E-state index in [1.165, 1.54) is 37.4 Å². The number of carbonyl (C=O) groups is 2. The number of aliphatic imine (C=N–C) groups is 1. The number of benzene rings is 1. The maximum atomic E-state index is 12.5. The van der Waals surface area contributed by atoms with Crippen molar-refractivity contribution in [1.29, 1.82) is 0 Å². The van der Waals surface area contributed by atoms with Gasteiger partial charge in [0, 0.05) is 11.6 Å². The van der Waals surface area contributed by atoms with Crippen LogP contribution in [0.5, 0.6) is 0 Å². The summed E-state index contributed by atoms with van der Waals surface area (Å²) in [6, 6.07) is 7.38. The number of amidine groups is 1. The van der Waals surface area contributed by atoms with Crippen LogP contribution in [0.2, 0.25) is 0 Å². The largest absolute Gasteiger partial charge is 0.366 e. The molecule has 4 rings (SSSR count). The third-order valence-electron chi connectivity index (χ3n) is 5.68. The zero-order chi connectivity index (χ0) is 16.9. The van der Waals surface area contributed by atoms with Gasteiger partial charge in [0.15, 0.2) is 5.17 Å². The zero-order valence-electron chi connectivity index (χ0n) is 13.6. The number of thioether (sulfide) groups is 1. The van der Waals surface area contributed by atoms with Crippen LogP contribution in [-0.2, 0) is 9.54 Å². The molecule has 1 aliphatic heterocycles. The van der Waals surface area contributed by atoms with E-state index in [1.807, 2.05) is 6.92 Å². The van der Waals surface area contributed by atoms with Crippen LogP contribution in [0.25, 0.3) is 0 Å². The number of nitrogens with two attached hydrogens (primary N) is 1. The Bertz CT molecular complexity index is 730. The molecule has 2 saturated carbocycles. The molecule has 24 heavy (non-hydrogen) atoms. The summed E-state index contributed by atoms with van der Waals surface area (Å²) >= 11 is 1.48. The van der Waals surface area contributed by atoms with Crippen LogP contribution in [-0.4, -0.2) is 23.0 Å². The van der Waals surface area contributed by atoms with Gasteiger partial charge in [0.25, 0.3) is 5.91 Å². The Hall–Kier alpha value is -1.82. The van der Waals surface area contributed by atoms with Crippen molar-refractivity contribution >= 4 is 28.7 Å². The molecule has 0 radical (unpaired) electrons. The van der Waals surface area contributed by atoms with Gasteiger partial charge in [0.1, 0.15) is 4.75 Å². The van der Waals surface area contributed by atoms with Crippen LogP contribution in [0.4, 0.5) is 0 Å². The molecule has 0 aromatic heterocycles. The van der Waals surface area contributed by atoms with E-state index in [0.717, 1.165) is 22.6 Å². The average molecular weight is 343 g/mol. The summed E-state index contributed by atoms with van der Waals surface area (Å²) in [5.74, 6) is 0.968. The van der Waals surface area contributed by atoms with Gasteiger partial charge in [0.2, 0.25) is 5.91 Å². The van der Waals surface area contributed by atoms with E-state index < -0.39 is 10.7 Å². The van der Waals surface area contributed by atoms with Crippen molar-refractivity contribution in [2.75, 3.05) is 0 Å². The van der Waals surface area contributed by atoms with Gasteiger partial charge in [0.05, 0.1) is 0 Å². The summed E-state index contributed by atoms with van der Waals surface area (Å²) in [6.45, 7) is 1.89. The molecular formula is C18H21N3O2S. The van der Waals surface area contributed by atoms with Gasteiger partial charge in [-0.3, -0.25) is 9.59 Å². The third kappa shape index (κ3) is 2.53. The van der Waals surface area contributed by atoms with E-state index in [1.54, 1.807) is 24.3 Å². The Kier molecular flexibility index (Phi) is 3.67. The molecule has 1 aromatic rings. The lowest BCUT2D eigenvalue weighted by atomic mass is 9.96. The smallest absolute Gasteiger partial charge is 0.268 e. The maximum absolute atomic E-state index is 12.5. The number of amides is 2. The van der Waals surface area contributed by atoms with Crippen LogP contribution >= 0.6 is 11.8 Å². The highest BCUT2D eigenvalue weighted by Crippen LogP contribution is 2.46. The van der Waals surface area contributed by atoms with E-state index in [9.17, 15) is 9.59 Å². The molecule has 126 valence electrons. The second-order valence-electron chi connectivity index (χ2n) is 7.22. The molecule has 1 heterocycles. The van der Waals surface area contributed by atoms with Gasteiger partial charge in [-0.05, 0) is 55.7 Å². The minimum Gasteiger partial charge on any atom is -0.366 e. The molecule has 0 saturated heterocycles. The molecule has 2 fully saturated rings. The van der Waals surface area contributed by atoms with E-state index >= 15 is 0 Å². The van der Waals surface area contributed by atoms with Gasteiger partial charge in [-0.2, -0.15) is 4.99 Å². The summed E-state index contributed by atoms with van der Waals surface area (Å²) in [6.07, 6.45) is 5.16. The lowest BCUT2D eigenvalue weighted by molar-refractivity contribution is -0.119.